The number of carbonyl (C=O) groups excluding carboxylic acids is 1. The summed E-state index contributed by atoms with van der Waals surface area (Å²) < 4.78 is 5.32. The van der Waals surface area contributed by atoms with E-state index in [0.29, 0.717) is 11.3 Å². The molecular weight excluding hydrogens is 254 g/mol. The topological polar surface area (TPSA) is 67.6 Å². The summed E-state index contributed by atoms with van der Waals surface area (Å²) in [6, 6.07) is 5.59. The monoisotopic (exact) mass is 277 g/mol. The molecule has 5 nitrogen and oxygen atoms in total. The molecule has 1 aromatic carbocycles. The standard InChI is InChI=1S/C15H23N3O2/c1-11-3-4-14(16)13(9-11)15(19)17-12(2)10-18-5-7-20-8-6-18/h3-4,9,12H,5-8,10,16H2,1-2H3,(H,17,19). The smallest absolute Gasteiger partial charge is 0.253 e. The molecule has 0 bridgehead atoms. The Morgan fingerprint density at radius 2 is 2.15 bits per heavy atom. The lowest BCUT2D eigenvalue weighted by molar-refractivity contribution is 0.0342. The van der Waals surface area contributed by atoms with Crippen molar-refractivity contribution >= 4 is 11.6 Å². The molecule has 0 aliphatic carbocycles. The first kappa shape index (κ1) is 14.8. The molecule has 1 heterocycles. The molecule has 110 valence electrons. The van der Waals surface area contributed by atoms with Gasteiger partial charge in [-0.2, -0.15) is 0 Å². The number of hydrogen-bond donors (Lipinski definition) is 2. The van der Waals surface area contributed by atoms with Crippen LogP contribution in [0.1, 0.15) is 22.8 Å². The third-order valence-electron chi connectivity index (χ3n) is 3.47. The molecule has 0 radical (unpaired) electrons. The molecule has 1 unspecified atom stereocenters. The highest BCUT2D eigenvalue weighted by Crippen LogP contribution is 2.13. The van der Waals surface area contributed by atoms with Crippen molar-refractivity contribution < 1.29 is 9.53 Å². The van der Waals surface area contributed by atoms with Crippen LogP contribution >= 0.6 is 0 Å². The second-order valence-corrected chi connectivity index (χ2v) is 5.38. The molecule has 5 heteroatoms. The van der Waals surface area contributed by atoms with Gasteiger partial charge in [0, 0.05) is 31.4 Å². The number of carbonyl (C=O) groups is 1. The predicted octanol–water partition coefficient (Wildman–Crippen LogP) is 1.03. The van der Waals surface area contributed by atoms with E-state index in [-0.39, 0.29) is 11.9 Å². The second-order valence-electron chi connectivity index (χ2n) is 5.38. The van der Waals surface area contributed by atoms with Crippen LogP contribution in [0.2, 0.25) is 0 Å². The largest absolute Gasteiger partial charge is 0.398 e. The maximum atomic E-state index is 12.2. The van der Waals surface area contributed by atoms with Gasteiger partial charge in [-0.3, -0.25) is 9.69 Å². The molecule has 1 atom stereocenters. The average Bonchev–Trinajstić information content (AvgIpc) is 2.42. The van der Waals surface area contributed by atoms with Crippen molar-refractivity contribution in [2.75, 3.05) is 38.6 Å². The van der Waals surface area contributed by atoms with Gasteiger partial charge in [-0.05, 0) is 26.0 Å². The summed E-state index contributed by atoms with van der Waals surface area (Å²) in [5.41, 5.74) is 7.97. The van der Waals surface area contributed by atoms with Gasteiger partial charge in [0.15, 0.2) is 0 Å². The molecule has 0 spiro atoms. The lowest BCUT2D eigenvalue weighted by Crippen LogP contribution is -2.46. The van der Waals surface area contributed by atoms with E-state index in [1.165, 1.54) is 0 Å². The Morgan fingerprint density at radius 3 is 2.85 bits per heavy atom. The molecule has 20 heavy (non-hydrogen) atoms. The van der Waals surface area contributed by atoms with E-state index in [1.54, 1.807) is 6.07 Å². The number of nitrogens with two attached hydrogens (primary N) is 1. The Bertz CT molecular complexity index is 470. The molecule has 1 saturated heterocycles. The highest BCUT2D eigenvalue weighted by molar-refractivity contribution is 5.99. The van der Waals surface area contributed by atoms with Crippen molar-refractivity contribution in [2.24, 2.45) is 0 Å². The molecule has 1 aromatic rings. The lowest BCUT2D eigenvalue weighted by atomic mass is 10.1. The number of nitrogen functional groups attached to an aromatic ring is 1. The van der Waals surface area contributed by atoms with Gasteiger partial charge in [0.05, 0.1) is 18.8 Å². The number of ether oxygens (including phenoxy) is 1. The Hall–Kier alpha value is -1.59. The molecule has 0 saturated carbocycles. The highest BCUT2D eigenvalue weighted by Gasteiger charge is 2.17. The van der Waals surface area contributed by atoms with Gasteiger partial charge in [0.2, 0.25) is 0 Å². The molecular formula is C15H23N3O2. The number of rotatable bonds is 4. The summed E-state index contributed by atoms with van der Waals surface area (Å²) in [4.78, 5) is 14.5. The Morgan fingerprint density at radius 1 is 1.45 bits per heavy atom. The van der Waals surface area contributed by atoms with E-state index in [9.17, 15) is 4.79 Å². The van der Waals surface area contributed by atoms with Gasteiger partial charge in [0.1, 0.15) is 0 Å². The Kier molecular flexibility index (Phi) is 4.98. The molecule has 0 aromatic heterocycles. The van der Waals surface area contributed by atoms with Gasteiger partial charge in [-0.25, -0.2) is 0 Å². The zero-order valence-electron chi connectivity index (χ0n) is 12.2. The van der Waals surface area contributed by atoms with Crippen molar-refractivity contribution in [3.05, 3.63) is 29.3 Å². The zero-order chi connectivity index (χ0) is 14.5. The molecule has 1 aliphatic heterocycles. The second kappa shape index (κ2) is 6.72. The molecule has 1 aliphatic rings. The number of nitrogens with zero attached hydrogens (tertiary/aromatic N) is 1. The molecule has 1 amide bonds. The third kappa shape index (κ3) is 3.95. The van der Waals surface area contributed by atoms with Crippen molar-refractivity contribution in [3.8, 4) is 0 Å². The van der Waals surface area contributed by atoms with E-state index in [4.69, 9.17) is 10.5 Å². The number of nitrogens with one attached hydrogen (secondary N) is 1. The number of morpholine rings is 1. The highest BCUT2D eigenvalue weighted by atomic mass is 16.5. The predicted molar refractivity (Wildman–Crippen MR) is 79.8 cm³/mol. The van der Waals surface area contributed by atoms with Crippen LogP contribution in [0.15, 0.2) is 18.2 Å². The van der Waals surface area contributed by atoms with Crippen molar-refractivity contribution in [2.45, 2.75) is 19.9 Å². The van der Waals surface area contributed by atoms with E-state index in [0.717, 1.165) is 38.4 Å². The summed E-state index contributed by atoms with van der Waals surface area (Å²) in [5, 5.41) is 3.01. The van der Waals surface area contributed by atoms with Gasteiger partial charge >= 0.3 is 0 Å². The molecule has 2 rings (SSSR count). The van der Waals surface area contributed by atoms with Crippen LogP contribution in [0.3, 0.4) is 0 Å². The van der Waals surface area contributed by atoms with Crippen LogP contribution in [-0.4, -0.2) is 49.7 Å². The van der Waals surface area contributed by atoms with Crippen LogP contribution in [-0.2, 0) is 4.74 Å². The first-order valence-electron chi connectivity index (χ1n) is 7.03. The summed E-state index contributed by atoms with van der Waals surface area (Å²) in [6.07, 6.45) is 0. The Labute approximate surface area is 120 Å². The van der Waals surface area contributed by atoms with Crippen molar-refractivity contribution in [1.82, 2.24) is 10.2 Å². The first-order chi connectivity index (χ1) is 9.56. The van der Waals surface area contributed by atoms with Gasteiger partial charge < -0.3 is 15.8 Å². The third-order valence-corrected chi connectivity index (χ3v) is 3.47. The summed E-state index contributed by atoms with van der Waals surface area (Å²) in [5.74, 6) is -0.105. The maximum absolute atomic E-state index is 12.2. The van der Waals surface area contributed by atoms with E-state index in [2.05, 4.69) is 10.2 Å². The lowest BCUT2D eigenvalue weighted by Gasteiger charge is -2.29. The van der Waals surface area contributed by atoms with Crippen molar-refractivity contribution in [1.29, 1.82) is 0 Å². The number of benzene rings is 1. The van der Waals surface area contributed by atoms with E-state index in [1.807, 2.05) is 26.0 Å². The zero-order valence-corrected chi connectivity index (χ0v) is 12.2. The van der Waals surface area contributed by atoms with Crippen LogP contribution < -0.4 is 11.1 Å². The summed E-state index contributed by atoms with van der Waals surface area (Å²) in [6.45, 7) is 8.18. The fraction of sp³-hybridized carbons (Fsp3) is 0.533. The number of aryl methyl sites for hydroxylation is 1. The molecule has 3 N–H and O–H groups in total. The minimum absolute atomic E-state index is 0.0838. The van der Waals surface area contributed by atoms with E-state index >= 15 is 0 Å². The number of anilines is 1. The fourth-order valence-electron chi connectivity index (χ4n) is 2.38. The van der Waals surface area contributed by atoms with Gasteiger partial charge in [-0.15, -0.1) is 0 Å². The van der Waals surface area contributed by atoms with Crippen LogP contribution in [0.25, 0.3) is 0 Å². The van der Waals surface area contributed by atoms with Crippen LogP contribution in [0, 0.1) is 6.92 Å². The number of amides is 1. The van der Waals surface area contributed by atoms with Gasteiger partial charge in [0.25, 0.3) is 5.91 Å². The normalized spacial score (nSPS) is 17.7. The molecule has 1 fully saturated rings. The van der Waals surface area contributed by atoms with Crippen molar-refractivity contribution in [3.63, 3.8) is 0 Å². The SMILES string of the molecule is Cc1ccc(N)c(C(=O)NC(C)CN2CCOCC2)c1. The number of hydrogen-bond acceptors (Lipinski definition) is 4. The van der Waals surface area contributed by atoms with E-state index < -0.39 is 0 Å². The summed E-state index contributed by atoms with van der Waals surface area (Å²) in [7, 11) is 0. The minimum atomic E-state index is -0.105. The maximum Gasteiger partial charge on any atom is 0.253 e. The Balaban J connectivity index is 1.91. The quantitative estimate of drug-likeness (QED) is 0.807. The first-order valence-corrected chi connectivity index (χ1v) is 7.03. The van der Waals surface area contributed by atoms with Gasteiger partial charge in [-0.1, -0.05) is 11.6 Å². The average molecular weight is 277 g/mol. The fourth-order valence-corrected chi connectivity index (χ4v) is 2.38. The summed E-state index contributed by atoms with van der Waals surface area (Å²) >= 11 is 0. The van der Waals surface area contributed by atoms with Crippen LogP contribution in [0.4, 0.5) is 5.69 Å². The minimum Gasteiger partial charge on any atom is -0.398 e. The van der Waals surface area contributed by atoms with Crippen LogP contribution in [0.5, 0.6) is 0 Å².